The molecule has 1 heterocycles. The molecule has 0 atom stereocenters. The maximum absolute atomic E-state index is 5.95. The predicted octanol–water partition coefficient (Wildman–Crippen LogP) is 4.72. The zero-order valence-electron chi connectivity index (χ0n) is 13.8. The molecule has 0 spiro atoms. The summed E-state index contributed by atoms with van der Waals surface area (Å²) in [6.45, 7) is 20.2. The zero-order chi connectivity index (χ0) is 15.3. The van der Waals surface area contributed by atoms with Gasteiger partial charge in [-0.1, -0.05) is 38.7 Å². The van der Waals surface area contributed by atoms with Crippen molar-refractivity contribution in [1.82, 2.24) is 0 Å². The van der Waals surface area contributed by atoms with Gasteiger partial charge in [0.25, 0.3) is 0 Å². The van der Waals surface area contributed by atoms with Crippen LogP contribution in [0.5, 0.6) is 0 Å². The average Bonchev–Trinajstić information content (AvgIpc) is 2.51. The van der Waals surface area contributed by atoms with Crippen molar-refractivity contribution in [2.75, 3.05) is 0 Å². The summed E-state index contributed by atoms with van der Waals surface area (Å²) in [4.78, 5) is 0. The second-order valence-electron chi connectivity index (χ2n) is 5.55. The van der Waals surface area contributed by atoms with Gasteiger partial charge in [-0.05, 0) is 52.6 Å². The summed E-state index contributed by atoms with van der Waals surface area (Å²) in [5.41, 5.74) is 1.44. The van der Waals surface area contributed by atoms with E-state index in [0.29, 0.717) is 0 Å². The quantitative estimate of drug-likeness (QED) is 0.542. The molecule has 1 aliphatic heterocycles. The highest BCUT2D eigenvalue weighted by Crippen LogP contribution is 2.38. The first-order valence-electron chi connectivity index (χ1n) is 7.05. The van der Waals surface area contributed by atoms with Gasteiger partial charge in [-0.15, -0.1) is 0 Å². The maximum atomic E-state index is 5.95. The van der Waals surface area contributed by atoms with E-state index in [2.05, 4.69) is 34.3 Å². The Bertz CT molecular complexity index is 349. The van der Waals surface area contributed by atoms with Gasteiger partial charge in [0.05, 0.1) is 11.2 Å². The molecule has 108 valence electrons. The first-order chi connectivity index (χ1) is 8.69. The molecule has 1 fully saturated rings. The summed E-state index contributed by atoms with van der Waals surface area (Å²) in [5.74, 6) is 0. The van der Waals surface area contributed by atoms with Crippen LogP contribution < -0.4 is 0 Å². The molecule has 0 radical (unpaired) electrons. The Kier molecular flexibility index (Phi) is 6.81. The van der Waals surface area contributed by atoms with Crippen LogP contribution in [0.2, 0.25) is 0 Å². The summed E-state index contributed by atoms with van der Waals surface area (Å²) in [6, 6.07) is 0. The largest absolute Gasteiger partial charge is 0.490 e. The van der Waals surface area contributed by atoms with Crippen LogP contribution in [0.1, 0.15) is 55.4 Å². The molecule has 0 unspecified atom stereocenters. The fourth-order valence-corrected chi connectivity index (χ4v) is 1.65. The first kappa shape index (κ1) is 18.2. The molecular formula is C16H29BO2. The predicted molar refractivity (Wildman–Crippen MR) is 85.1 cm³/mol. The van der Waals surface area contributed by atoms with E-state index >= 15 is 0 Å². The lowest BCUT2D eigenvalue weighted by Crippen LogP contribution is -2.41. The van der Waals surface area contributed by atoms with Crippen LogP contribution in [0.25, 0.3) is 0 Å². The fourth-order valence-electron chi connectivity index (χ4n) is 1.65. The Hall–Kier alpha value is -0.795. The third-order valence-electron chi connectivity index (χ3n) is 3.42. The molecule has 0 bridgehead atoms. The fraction of sp³-hybridized carbons (Fsp3) is 0.625. The SMILES string of the molecule is C=C(/C=C\C)/C=C(\C)B1OC(C)(C)C(C)(C)O1.CC. The average molecular weight is 264 g/mol. The van der Waals surface area contributed by atoms with Gasteiger partial charge in [0.1, 0.15) is 0 Å². The summed E-state index contributed by atoms with van der Waals surface area (Å²) in [7, 11) is -0.276. The van der Waals surface area contributed by atoms with Gasteiger partial charge in [-0.3, -0.25) is 0 Å². The molecule has 0 aromatic heterocycles. The van der Waals surface area contributed by atoms with Crippen molar-refractivity contribution in [2.24, 2.45) is 0 Å². The summed E-state index contributed by atoms with van der Waals surface area (Å²) < 4.78 is 11.9. The highest BCUT2D eigenvalue weighted by Gasteiger charge is 2.51. The number of hydrogen-bond acceptors (Lipinski definition) is 2. The highest BCUT2D eigenvalue weighted by molar-refractivity contribution is 6.54. The minimum Gasteiger partial charge on any atom is -0.400 e. The second-order valence-corrected chi connectivity index (χ2v) is 5.55. The lowest BCUT2D eigenvalue weighted by Gasteiger charge is -2.32. The molecule has 0 saturated carbocycles. The zero-order valence-corrected chi connectivity index (χ0v) is 13.8. The van der Waals surface area contributed by atoms with Gasteiger partial charge < -0.3 is 9.31 Å². The molecule has 0 aromatic carbocycles. The van der Waals surface area contributed by atoms with Gasteiger partial charge in [0.2, 0.25) is 0 Å². The molecule has 19 heavy (non-hydrogen) atoms. The Balaban J connectivity index is 0.00000154. The van der Waals surface area contributed by atoms with E-state index in [1.165, 1.54) is 0 Å². The van der Waals surface area contributed by atoms with Gasteiger partial charge in [-0.25, -0.2) is 0 Å². The van der Waals surface area contributed by atoms with E-state index in [1.54, 1.807) is 0 Å². The molecule has 0 amide bonds. The monoisotopic (exact) mass is 264 g/mol. The number of allylic oxidation sites excluding steroid dienone is 5. The number of rotatable bonds is 3. The van der Waals surface area contributed by atoms with Crippen molar-refractivity contribution < 1.29 is 9.31 Å². The van der Waals surface area contributed by atoms with E-state index in [9.17, 15) is 0 Å². The number of hydrogen-bond donors (Lipinski definition) is 0. The molecular weight excluding hydrogens is 235 g/mol. The normalized spacial score (nSPS) is 21.3. The van der Waals surface area contributed by atoms with Crippen molar-refractivity contribution in [3.05, 3.63) is 35.9 Å². The molecule has 3 heteroatoms. The van der Waals surface area contributed by atoms with Crippen LogP contribution >= 0.6 is 0 Å². The van der Waals surface area contributed by atoms with Crippen LogP contribution in [-0.4, -0.2) is 18.3 Å². The highest BCUT2D eigenvalue weighted by atomic mass is 16.7. The minimum atomic E-state index is -0.283. The summed E-state index contributed by atoms with van der Waals surface area (Å²) >= 11 is 0. The molecule has 0 N–H and O–H groups in total. The summed E-state index contributed by atoms with van der Waals surface area (Å²) in [6.07, 6.45) is 5.94. The minimum absolute atomic E-state index is 0.276. The van der Waals surface area contributed by atoms with Crippen molar-refractivity contribution in [2.45, 2.75) is 66.6 Å². The van der Waals surface area contributed by atoms with Gasteiger partial charge in [0.15, 0.2) is 0 Å². The summed E-state index contributed by atoms with van der Waals surface area (Å²) in [5, 5.41) is 0. The van der Waals surface area contributed by atoms with E-state index < -0.39 is 0 Å². The molecule has 0 aliphatic carbocycles. The third kappa shape index (κ3) is 4.66. The standard InChI is InChI=1S/C14H23BO2.C2H6/c1-8-9-11(2)10-12(3)15-16-13(4,5)14(6,7)17-15;1-2/h8-10H,2H2,1,3-7H3;1-2H3/b9-8-,12-10+;. The van der Waals surface area contributed by atoms with Crippen LogP contribution in [0.3, 0.4) is 0 Å². The molecule has 0 aromatic rings. The lowest BCUT2D eigenvalue weighted by molar-refractivity contribution is 0.00578. The van der Waals surface area contributed by atoms with E-state index in [1.807, 2.05) is 45.9 Å². The van der Waals surface area contributed by atoms with Crippen LogP contribution in [0, 0.1) is 0 Å². The molecule has 1 rings (SSSR count). The Morgan fingerprint density at radius 3 is 1.84 bits per heavy atom. The van der Waals surface area contributed by atoms with E-state index in [-0.39, 0.29) is 18.3 Å². The van der Waals surface area contributed by atoms with Crippen molar-refractivity contribution in [1.29, 1.82) is 0 Å². The Labute approximate surface area is 119 Å². The Morgan fingerprint density at radius 1 is 1.05 bits per heavy atom. The van der Waals surface area contributed by atoms with Crippen molar-refractivity contribution in [3.8, 4) is 0 Å². The molecule has 1 saturated heterocycles. The van der Waals surface area contributed by atoms with E-state index in [4.69, 9.17) is 9.31 Å². The molecule has 1 aliphatic rings. The van der Waals surface area contributed by atoms with Gasteiger partial charge >= 0.3 is 7.12 Å². The first-order valence-corrected chi connectivity index (χ1v) is 7.05. The van der Waals surface area contributed by atoms with Gasteiger partial charge in [0, 0.05) is 0 Å². The third-order valence-corrected chi connectivity index (χ3v) is 3.42. The van der Waals surface area contributed by atoms with Crippen molar-refractivity contribution >= 4 is 7.12 Å². The molecule has 2 nitrogen and oxygen atoms in total. The van der Waals surface area contributed by atoms with E-state index in [0.717, 1.165) is 11.0 Å². The second kappa shape index (κ2) is 7.11. The van der Waals surface area contributed by atoms with Crippen LogP contribution in [0.15, 0.2) is 35.9 Å². The Morgan fingerprint density at radius 2 is 1.47 bits per heavy atom. The van der Waals surface area contributed by atoms with Crippen LogP contribution in [0.4, 0.5) is 0 Å². The maximum Gasteiger partial charge on any atom is 0.490 e. The smallest absolute Gasteiger partial charge is 0.400 e. The topological polar surface area (TPSA) is 18.5 Å². The lowest BCUT2D eigenvalue weighted by atomic mass is 9.78. The van der Waals surface area contributed by atoms with Crippen molar-refractivity contribution in [3.63, 3.8) is 0 Å². The van der Waals surface area contributed by atoms with Crippen LogP contribution in [-0.2, 0) is 9.31 Å². The van der Waals surface area contributed by atoms with Gasteiger partial charge in [-0.2, -0.15) is 0 Å².